The van der Waals surface area contributed by atoms with Gasteiger partial charge in [0.1, 0.15) is 6.61 Å². The summed E-state index contributed by atoms with van der Waals surface area (Å²) in [7, 11) is 0. The molecule has 0 saturated carbocycles. The zero-order chi connectivity index (χ0) is 15.2. The quantitative estimate of drug-likeness (QED) is 0.768. The van der Waals surface area contributed by atoms with Gasteiger partial charge in [0.05, 0.1) is 0 Å². The van der Waals surface area contributed by atoms with Gasteiger partial charge < -0.3 is 10.1 Å². The molecule has 0 aliphatic rings. The van der Waals surface area contributed by atoms with Gasteiger partial charge in [0.2, 0.25) is 0 Å². The Kier molecular flexibility index (Phi) is 6.49. The molecule has 1 unspecified atom stereocenters. The number of alkyl halides is 3. The van der Waals surface area contributed by atoms with E-state index in [1.807, 2.05) is 32.9 Å². The molecule has 0 fully saturated rings. The number of ether oxygens (including phenoxy) is 1. The molecule has 0 aromatic heterocycles. The Balaban J connectivity index is 2.62. The third-order valence-electron chi connectivity index (χ3n) is 3.08. The molecule has 0 saturated heterocycles. The first-order valence-electron chi connectivity index (χ1n) is 6.78. The van der Waals surface area contributed by atoms with Gasteiger partial charge in [0.15, 0.2) is 0 Å². The van der Waals surface area contributed by atoms with E-state index in [-0.39, 0.29) is 12.6 Å². The number of rotatable bonds is 7. The largest absolute Gasteiger partial charge is 0.411 e. The highest BCUT2D eigenvalue weighted by molar-refractivity contribution is 5.33. The molecule has 0 spiro atoms. The summed E-state index contributed by atoms with van der Waals surface area (Å²) in [5.41, 5.74) is 3.41. The number of hydrogen-bond acceptors (Lipinski definition) is 2. The minimum atomic E-state index is -4.26. The van der Waals surface area contributed by atoms with Crippen LogP contribution in [0.5, 0.6) is 0 Å². The molecule has 1 N–H and O–H groups in total. The Labute approximate surface area is 118 Å². The van der Waals surface area contributed by atoms with E-state index >= 15 is 0 Å². The van der Waals surface area contributed by atoms with Crippen molar-refractivity contribution in [2.45, 2.75) is 39.4 Å². The third-order valence-corrected chi connectivity index (χ3v) is 3.08. The molecule has 0 heterocycles. The van der Waals surface area contributed by atoms with Crippen LogP contribution >= 0.6 is 0 Å². The second kappa shape index (κ2) is 7.64. The lowest BCUT2D eigenvalue weighted by Gasteiger charge is -2.21. The van der Waals surface area contributed by atoms with Crippen LogP contribution in [0.3, 0.4) is 0 Å². The molecule has 0 radical (unpaired) electrons. The van der Waals surface area contributed by atoms with E-state index in [9.17, 15) is 13.2 Å². The summed E-state index contributed by atoms with van der Waals surface area (Å²) in [4.78, 5) is 0. The highest BCUT2D eigenvalue weighted by Gasteiger charge is 2.27. The summed E-state index contributed by atoms with van der Waals surface area (Å²) in [5, 5.41) is 3.30. The number of halogens is 3. The Bertz CT molecular complexity index is 418. The maximum atomic E-state index is 12.0. The summed E-state index contributed by atoms with van der Waals surface area (Å²) in [6, 6.07) is 6.16. The summed E-state index contributed by atoms with van der Waals surface area (Å²) < 4.78 is 40.8. The predicted octanol–water partition coefficient (Wildman–Crippen LogP) is 3.92. The van der Waals surface area contributed by atoms with Gasteiger partial charge in [-0.3, -0.25) is 0 Å². The van der Waals surface area contributed by atoms with Crippen molar-refractivity contribution in [3.63, 3.8) is 0 Å². The van der Waals surface area contributed by atoms with Crippen LogP contribution < -0.4 is 5.32 Å². The van der Waals surface area contributed by atoms with Crippen molar-refractivity contribution in [2.75, 3.05) is 19.8 Å². The zero-order valence-electron chi connectivity index (χ0n) is 12.2. The Hall–Kier alpha value is -1.07. The molecule has 2 nitrogen and oxygen atoms in total. The van der Waals surface area contributed by atoms with Crippen LogP contribution in [-0.2, 0) is 4.74 Å². The lowest BCUT2D eigenvalue weighted by atomic mass is 9.97. The minimum Gasteiger partial charge on any atom is -0.372 e. The van der Waals surface area contributed by atoms with Gasteiger partial charge in [-0.1, -0.05) is 30.7 Å². The van der Waals surface area contributed by atoms with E-state index < -0.39 is 12.8 Å². The molecule has 20 heavy (non-hydrogen) atoms. The molecular formula is C15H22F3NO. The van der Waals surface area contributed by atoms with E-state index in [4.69, 9.17) is 4.74 Å². The van der Waals surface area contributed by atoms with Crippen LogP contribution in [0.25, 0.3) is 0 Å². The van der Waals surface area contributed by atoms with E-state index in [0.29, 0.717) is 6.42 Å². The van der Waals surface area contributed by atoms with E-state index in [0.717, 1.165) is 23.2 Å². The van der Waals surface area contributed by atoms with E-state index in [1.165, 1.54) is 0 Å². The molecular weight excluding hydrogens is 267 g/mol. The smallest absolute Gasteiger partial charge is 0.372 e. The second-order valence-corrected chi connectivity index (χ2v) is 4.93. The van der Waals surface area contributed by atoms with Crippen LogP contribution in [0, 0.1) is 13.8 Å². The van der Waals surface area contributed by atoms with Gasteiger partial charge in [-0.05, 0) is 37.9 Å². The molecule has 1 aromatic rings. The van der Waals surface area contributed by atoms with Gasteiger partial charge in [-0.2, -0.15) is 13.2 Å². The molecule has 0 bridgehead atoms. The molecule has 0 amide bonds. The fraction of sp³-hybridized carbons (Fsp3) is 0.600. The normalized spacial score (nSPS) is 13.5. The molecule has 1 aromatic carbocycles. The molecule has 0 aliphatic heterocycles. The summed E-state index contributed by atoms with van der Waals surface area (Å²) in [6.45, 7) is 5.66. The van der Waals surface area contributed by atoms with Gasteiger partial charge >= 0.3 is 6.18 Å². The first-order chi connectivity index (χ1) is 9.33. The SMILES string of the molecule is CCNC(CCOCC(F)(F)F)c1cc(C)ccc1C. The number of aryl methyl sites for hydroxylation is 2. The second-order valence-electron chi connectivity index (χ2n) is 4.93. The highest BCUT2D eigenvalue weighted by Crippen LogP contribution is 2.23. The van der Waals surface area contributed by atoms with Crippen LogP contribution in [0.4, 0.5) is 13.2 Å². The highest BCUT2D eigenvalue weighted by atomic mass is 19.4. The lowest BCUT2D eigenvalue weighted by Crippen LogP contribution is -2.24. The van der Waals surface area contributed by atoms with Crippen molar-refractivity contribution in [3.05, 3.63) is 34.9 Å². The average molecular weight is 289 g/mol. The van der Waals surface area contributed by atoms with Gasteiger partial charge in [0, 0.05) is 12.6 Å². The monoisotopic (exact) mass is 289 g/mol. The van der Waals surface area contributed by atoms with Crippen molar-refractivity contribution in [1.82, 2.24) is 5.32 Å². The maximum absolute atomic E-state index is 12.0. The van der Waals surface area contributed by atoms with Crippen LogP contribution in [0.15, 0.2) is 18.2 Å². The lowest BCUT2D eigenvalue weighted by molar-refractivity contribution is -0.174. The Morgan fingerprint density at radius 3 is 2.55 bits per heavy atom. The average Bonchev–Trinajstić information content (AvgIpc) is 2.35. The maximum Gasteiger partial charge on any atom is 0.411 e. The van der Waals surface area contributed by atoms with Crippen molar-refractivity contribution in [2.24, 2.45) is 0 Å². The van der Waals surface area contributed by atoms with Crippen LogP contribution in [0.2, 0.25) is 0 Å². The Morgan fingerprint density at radius 2 is 1.95 bits per heavy atom. The summed E-state index contributed by atoms with van der Waals surface area (Å²) in [6.07, 6.45) is -3.73. The topological polar surface area (TPSA) is 21.3 Å². The molecule has 1 atom stereocenters. The van der Waals surface area contributed by atoms with Gasteiger partial charge in [0.25, 0.3) is 0 Å². The Morgan fingerprint density at radius 1 is 1.25 bits per heavy atom. The third kappa shape index (κ3) is 5.92. The molecule has 114 valence electrons. The van der Waals surface area contributed by atoms with Gasteiger partial charge in [-0.15, -0.1) is 0 Å². The van der Waals surface area contributed by atoms with Crippen molar-refractivity contribution >= 4 is 0 Å². The summed E-state index contributed by atoms with van der Waals surface area (Å²) >= 11 is 0. The van der Waals surface area contributed by atoms with Crippen LogP contribution in [-0.4, -0.2) is 25.9 Å². The molecule has 0 aliphatic carbocycles. The van der Waals surface area contributed by atoms with E-state index in [1.54, 1.807) is 0 Å². The van der Waals surface area contributed by atoms with E-state index in [2.05, 4.69) is 11.4 Å². The van der Waals surface area contributed by atoms with Crippen molar-refractivity contribution in [1.29, 1.82) is 0 Å². The summed E-state index contributed by atoms with van der Waals surface area (Å²) in [5.74, 6) is 0. The first kappa shape index (κ1) is 17.0. The number of nitrogens with one attached hydrogen (secondary N) is 1. The first-order valence-corrected chi connectivity index (χ1v) is 6.78. The predicted molar refractivity (Wildman–Crippen MR) is 73.8 cm³/mol. The van der Waals surface area contributed by atoms with Gasteiger partial charge in [-0.25, -0.2) is 0 Å². The van der Waals surface area contributed by atoms with Crippen molar-refractivity contribution < 1.29 is 17.9 Å². The fourth-order valence-electron chi connectivity index (χ4n) is 2.14. The fourth-order valence-corrected chi connectivity index (χ4v) is 2.14. The van der Waals surface area contributed by atoms with Crippen LogP contribution in [0.1, 0.15) is 36.1 Å². The zero-order valence-corrected chi connectivity index (χ0v) is 12.2. The number of benzene rings is 1. The number of hydrogen-bond donors (Lipinski definition) is 1. The molecule has 5 heteroatoms. The standard InChI is InChI=1S/C15H22F3NO/c1-4-19-14(7-8-20-10-15(16,17)18)13-9-11(2)5-6-12(13)3/h5-6,9,14,19H,4,7-8,10H2,1-3H3. The minimum absolute atomic E-state index is 0.0214. The van der Waals surface area contributed by atoms with Crippen molar-refractivity contribution in [3.8, 4) is 0 Å². The molecule has 1 rings (SSSR count).